The largest absolute Gasteiger partial charge is 0.396 e. The minimum Gasteiger partial charge on any atom is -0.396 e. The molecule has 0 aliphatic rings. The summed E-state index contributed by atoms with van der Waals surface area (Å²) < 4.78 is 0. The van der Waals surface area contributed by atoms with Gasteiger partial charge in [0.05, 0.1) is 0 Å². The highest BCUT2D eigenvalue weighted by Crippen LogP contribution is 2.12. The molecule has 0 aliphatic carbocycles. The van der Waals surface area contributed by atoms with Gasteiger partial charge in [0.15, 0.2) is 0 Å². The second-order valence-corrected chi connectivity index (χ2v) is 6.72. The van der Waals surface area contributed by atoms with Crippen LogP contribution in [0.15, 0.2) is 12.2 Å². The van der Waals surface area contributed by atoms with E-state index in [1.165, 1.54) is 103 Å². The average Bonchev–Trinajstić information content (AvgIpc) is 2.54. The summed E-state index contributed by atoms with van der Waals surface area (Å²) in [7, 11) is 0. The van der Waals surface area contributed by atoms with Crippen LogP contribution in [-0.4, -0.2) is 11.7 Å². The van der Waals surface area contributed by atoms with Gasteiger partial charge in [0.25, 0.3) is 0 Å². The lowest BCUT2D eigenvalue weighted by molar-refractivity contribution is 0.282. The molecule has 0 bridgehead atoms. The van der Waals surface area contributed by atoms with Gasteiger partial charge in [0.2, 0.25) is 0 Å². The third-order valence-corrected chi connectivity index (χ3v) is 4.42. The van der Waals surface area contributed by atoms with Crippen LogP contribution in [0.3, 0.4) is 0 Å². The van der Waals surface area contributed by atoms with Crippen LogP contribution < -0.4 is 0 Å². The maximum atomic E-state index is 8.70. The quantitative estimate of drug-likeness (QED) is 0.210. The average molecular weight is 311 g/mol. The molecule has 0 radical (unpaired) electrons. The minimum atomic E-state index is 0.369. The fourth-order valence-corrected chi connectivity index (χ4v) is 2.89. The van der Waals surface area contributed by atoms with Crippen molar-refractivity contribution in [3.63, 3.8) is 0 Å². The predicted octanol–water partition coefficient (Wildman–Crippen LogP) is 7.19. The van der Waals surface area contributed by atoms with Crippen molar-refractivity contribution in [2.45, 2.75) is 116 Å². The Bertz CT molecular complexity index is 210. The van der Waals surface area contributed by atoms with Crippen molar-refractivity contribution in [3.05, 3.63) is 12.2 Å². The first kappa shape index (κ1) is 21.7. The molecule has 0 aromatic carbocycles. The summed E-state index contributed by atoms with van der Waals surface area (Å²) in [5, 5.41) is 8.70. The molecule has 0 spiro atoms. The van der Waals surface area contributed by atoms with Crippen molar-refractivity contribution in [3.8, 4) is 0 Å². The van der Waals surface area contributed by atoms with Gasteiger partial charge >= 0.3 is 0 Å². The molecule has 1 N–H and O–H groups in total. The van der Waals surface area contributed by atoms with Gasteiger partial charge in [-0.05, 0) is 32.1 Å². The van der Waals surface area contributed by atoms with Gasteiger partial charge in [0.1, 0.15) is 0 Å². The van der Waals surface area contributed by atoms with Gasteiger partial charge in [-0.15, -0.1) is 0 Å². The Morgan fingerprint density at radius 2 is 0.864 bits per heavy atom. The van der Waals surface area contributed by atoms with Crippen molar-refractivity contribution < 1.29 is 5.11 Å². The standard InChI is InChI=1S/C21H42O/c1-2-3-4-5-6-7-8-9-10-11-12-13-14-15-16-17-18-19-20-21-22/h7-8,22H,2-6,9-21H2,1H3. The van der Waals surface area contributed by atoms with Crippen LogP contribution in [0.4, 0.5) is 0 Å². The third kappa shape index (κ3) is 19.7. The van der Waals surface area contributed by atoms with Crippen LogP contribution in [-0.2, 0) is 0 Å². The summed E-state index contributed by atoms with van der Waals surface area (Å²) in [6.45, 7) is 2.64. The zero-order valence-electron chi connectivity index (χ0n) is 15.3. The van der Waals surface area contributed by atoms with Crippen LogP contribution in [0.5, 0.6) is 0 Å². The van der Waals surface area contributed by atoms with Crippen LogP contribution in [0, 0.1) is 0 Å². The molecular weight excluding hydrogens is 268 g/mol. The number of hydrogen-bond donors (Lipinski definition) is 1. The van der Waals surface area contributed by atoms with Gasteiger partial charge in [-0.2, -0.15) is 0 Å². The fourth-order valence-electron chi connectivity index (χ4n) is 2.89. The van der Waals surface area contributed by atoms with Crippen LogP contribution in [0.1, 0.15) is 116 Å². The van der Waals surface area contributed by atoms with E-state index < -0.39 is 0 Å². The normalized spacial score (nSPS) is 11.5. The van der Waals surface area contributed by atoms with E-state index in [2.05, 4.69) is 19.1 Å². The third-order valence-electron chi connectivity index (χ3n) is 4.42. The Hall–Kier alpha value is -0.300. The Morgan fingerprint density at radius 3 is 1.27 bits per heavy atom. The maximum absolute atomic E-state index is 8.70. The molecule has 132 valence electrons. The van der Waals surface area contributed by atoms with E-state index in [9.17, 15) is 0 Å². The number of aliphatic hydroxyl groups is 1. The second-order valence-electron chi connectivity index (χ2n) is 6.72. The number of rotatable bonds is 18. The first-order chi connectivity index (χ1) is 10.9. The summed E-state index contributed by atoms with van der Waals surface area (Å²) in [6.07, 6.45) is 27.7. The second kappa shape index (κ2) is 20.7. The van der Waals surface area contributed by atoms with Crippen molar-refractivity contribution >= 4 is 0 Å². The first-order valence-corrected chi connectivity index (χ1v) is 10.2. The molecule has 0 rings (SSSR count). The Morgan fingerprint density at radius 1 is 0.500 bits per heavy atom. The SMILES string of the molecule is CCCCCCC=CCCCCCCCCCCCCCO. The number of hydrogen-bond acceptors (Lipinski definition) is 1. The molecule has 22 heavy (non-hydrogen) atoms. The zero-order chi connectivity index (χ0) is 16.1. The summed E-state index contributed by atoms with van der Waals surface area (Å²) in [6, 6.07) is 0. The Kier molecular flexibility index (Phi) is 20.4. The minimum absolute atomic E-state index is 0.369. The molecule has 0 unspecified atom stereocenters. The van der Waals surface area contributed by atoms with Gasteiger partial charge < -0.3 is 5.11 Å². The molecule has 1 nitrogen and oxygen atoms in total. The molecule has 0 saturated carbocycles. The van der Waals surface area contributed by atoms with Gasteiger partial charge in [-0.1, -0.05) is 96.1 Å². The topological polar surface area (TPSA) is 20.2 Å². The van der Waals surface area contributed by atoms with Crippen molar-refractivity contribution in [2.75, 3.05) is 6.61 Å². The van der Waals surface area contributed by atoms with E-state index in [1.54, 1.807) is 0 Å². The van der Waals surface area contributed by atoms with Gasteiger partial charge in [-0.25, -0.2) is 0 Å². The molecule has 0 atom stereocenters. The van der Waals surface area contributed by atoms with E-state index in [1.807, 2.05) is 0 Å². The van der Waals surface area contributed by atoms with Crippen LogP contribution in [0.2, 0.25) is 0 Å². The summed E-state index contributed by atoms with van der Waals surface area (Å²) in [4.78, 5) is 0. The lowest BCUT2D eigenvalue weighted by Gasteiger charge is -2.02. The summed E-state index contributed by atoms with van der Waals surface area (Å²) >= 11 is 0. The summed E-state index contributed by atoms with van der Waals surface area (Å²) in [5.41, 5.74) is 0. The lowest BCUT2D eigenvalue weighted by Crippen LogP contribution is -1.84. The van der Waals surface area contributed by atoms with E-state index in [0.29, 0.717) is 6.61 Å². The molecule has 0 fully saturated rings. The Balaban J connectivity index is 3.00. The fraction of sp³-hybridized carbons (Fsp3) is 0.905. The molecule has 0 aromatic rings. The summed E-state index contributed by atoms with van der Waals surface area (Å²) in [5.74, 6) is 0. The highest BCUT2D eigenvalue weighted by atomic mass is 16.2. The Labute approximate surface area is 140 Å². The van der Waals surface area contributed by atoms with E-state index in [4.69, 9.17) is 5.11 Å². The lowest BCUT2D eigenvalue weighted by atomic mass is 10.0. The number of unbranched alkanes of at least 4 members (excludes halogenated alkanes) is 15. The van der Waals surface area contributed by atoms with E-state index >= 15 is 0 Å². The molecule has 0 saturated heterocycles. The van der Waals surface area contributed by atoms with Crippen molar-refractivity contribution in [1.29, 1.82) is 0 Å². The van der Waals surface area contributed by atoms with Gasteiger partial charge in [0, 0.05) is 6.61 Å². The maximum Gasteiger partial charge on any atom is 0.0431 e. The van der Waals surface area contributed by atoms with Gasteiger partial charge in [-0.3, -0.25) is 0 Å². The molecule has 0 aromatic heterocycles. The van der Waals surface area contributed by atoms with E-state index in [0.717, 1.165) is 6.42 Å². The predicted molar refractivity (Wildman–Crippen MR) is 100 cm³/mol. The molecule has 0 heterocycles. The van der Waals surface area contributed by atoms with Crippen LogP contribution >= 0.6 is 0 Å². The highest BCUT2D eigenvalue weighted by Gasteiger charge is 1.93. The molecule has 0 aliphatic heterocycles. The monoisotopic (exact) mass is 310 g/mol. The number of allylic oxidation sites excluding steroid dienone is 2. The van der Waals surface area contributed by atoms with Crippen molar-refractivity contribution in [1.82, 2.24) is 0 Å². The highest BCUT2D eigenvalue weighted by molar-refractivity contribution is 4.81. The number of aliphatic hydroxyl groups excluding tert-OH is 1. The molecular formula is C21H42O. The van der Waals surface area contributed by atoms with Crippen LogP contribution in [0.25, 0.3) is 0 Å². The zero-order valence-corrected chi connectivity index (χ0v) is 15.3. The molecule has 1 heteroatoms. The van der Waals surface area contributed by atoms with E-state index in [-0.39, 0.29) is 0 Å². The first-order valence-electron chi connectivity index (χ1n) is 10.2. The molecule has 0 amide bonds. The van der Waals surface area contributed by atoms with Crippen molar-refractivity contribution in [2.24, 2.45) is 0 Å². The smallest absolute Gasteiger partial charge is 0.0431 e.